The van der Waals surface area contributed by atoms with Gasteiger partial charge >= 0.3 is 0 Å². The highest BCUT2D eigenvalue weighted by Crippen LogP contribution is 2.29. The molecule has 0 fully saturated rings. The summed E-state index contributed by atoms with van der Waals surface area (Å²) in [6, 6.07) is 13.0. The van der Waals surface area contributed by atoms with Crippen molar-refractivity contribution in [1.82, 2.24) is 10.3 Å². The number of pyridine rings is 1. The van der Waals surface area contributed by atoms with Crippen LogP contribution in [-0.4, -0.2) is 17.6 Å². The van der Waals surface area contributed by atoms with Crippen molar-refractivity contribution >= 4 is 0 Å². The van der Waals surface area contributed by atoms with E-state index in [1.165, 1.54) is 12.1 Å². The van der Waals surface area contributed by atoms with E-state index < -0.39 is 0 Å². The van der Waals surface area contributed by atoms with Crippen LogP contribution in [0, 0.1) is 5.82 Å². The number of aromatic nitrogens is 1. The highest BCUT2D eigenvalue weighted by atomic mass is 19.1. The van der Waals surface area contributed by atoms with Crippen LogP contribution in [-0.2, 0) is 11.8 Å². The summed E-state index contributed by atoms with van der Waals surface area (Å²) in [5.41, 5.74) is 2.09. The Morgan fingerprint density at radius 3 is 2.43 bits per heavy atom. The van der Waals surface area contributed by atoms with E-state index >= 15 is 0 Å². The molecule has 0 bridgehead atoms. The Kier molecular flexibility index (Phi) is 5.07. The largest absolute Gasteiger partial charge is 0.313 e. The number of likely N-dealkylation sites (N-methyl/N-ethyl adjacent to an activating group) is 1. The molecule has 0 amide bonds. The van der Waals surface area contributed by atoms with E-state index in [1.807, 2.05) is 36.5 Å². The van der Waals surface area contributed by atoms with E-state index in [2.05, 4.69) is 31.1 Å². The third-order valence-corrected chi connectivity index (χ3v) is 4.05. The van der Waals surface area contributed by atoms with Crippen LogP contribution in [0.4, 0.5) is 4.39 Å². The lowest BCUT2D eigenvalue weighted by Gasteiger charge is -2.35. The molecule has 1 heterocycles. The normalized spacial score (nSPS) is 13.1. The van der Waals surface area contributed by atoms with Gasteiger partial charge in [0.15, 0.2) is 0 Å². The molecular formula is C18H23FN2. The van der Waals surface area contributed by atoms with E-state index in [0.717, 1.165) is 24.2 Å². The van der Waals surface area contributed by atoms with Gasteiger partial charge in [-0.3, -0.25) is 4.98 Å². The summed E-state index contributed by atoms with van der Waals surface area (Å²) >= 11 is 0. The zero-order chi connectivity index (χ0) is 15.3. The smallest absolute Gasteiger partial charge is 0.123 e. The minimum Gasteiger partial charge on any atom is -0.313 e. The van der Waals surface area contributed by atoms with Gasteiger partial charge in [0.05, 0.1) is 0 Å². The van der Waals surface area contributed by atoms with Gasteiger partial charge in [-0.1, -0.05) is 39.0 Å². The van der Waals surface area contributed by atoms with Crippen molar-refractivity contribution in [3.63, 3.8) is 0 Å². The minimum absolute atomic E-state index is 0.110. The maximum absolute atomic E-state index is 13.1. The Labute approximate surface area is 126 Å². The summed E-state index contributed by atoms with van der Waals surface area (Å²) in [5.74, 6) is -0.195. The van der Waals surface area contributed by atoms with E-state index in [9.17, 15) is 4.39 Å². The standard InChI is InChI=1S/C18H23FN2/c1-4-20-17(13-16-7-5-6-12-21-16)18(2,3)14-8-10-15(19)11-9-14/h5-12,17,20H,4,13H2,1-3H3. The van der Waals surface area contributed by atoms with Crippen LogP contribution in [0.25, 0.3) is 0 Å². The molecule has 0 aliphatic rings. The highest BCUT2D eigenvalue weighted by Gasteiger charge is 2.31. The molecule has 0 spiro atoms. The average Bonchev–Trinajstić information content (AvgIpc) is 2.48. The summed E-state index contributed by atoms with van der Waals surface area (Å²) in [6.07, 6.45) is 2.67. The van der Waals surface area contributed by atoms with Crippen molar-refractivity contribution < 1.29 is 4.39 Å². The van der Waals surface area contributed by atoms with Crippen molar-refractivity contribution in [2.75, 3.05) is 6.54 Å². The molecule has 2 rings (SSSR count). The molecule has 0 saturated carbocycles. The molecule has 2 aromatic rings. The van der Waals surface area contributed by atoms with Gasteiger partial charge in [0.25, 0.3) is 0 Å². The molecule has 1 unspecified atom stereocenters. The van der Waals surface area contributed by atoms with E-state index in [4.69, 9.17) is 0 Å². The van der Waals surface area contributed by atoms with Gasteiger partial charge < -0.3 is 5.32 Å². The van der Waals surface area contributed by atoms with Crippen molar-refractivity contribution in [2.45, 2.75) is 38.6 Å². The minimum atomic E-state index is -0.195. The summed E-state index contributed by atoms with van der Waals surface area (Å²) in [7, 11) is 0. The van der Waals surface area contributed by atoms with E-state index in [1.54, 1.807) is 0 Å². The van der Waals surface area contributed by atoms with Crippen molar-refractivity contribution in [3.05, 3.63) is 65.7 Å². The van der Waals surface area contributed by atoms with Crippen LogP contribution >= 0.6 is 0 Å². The average molecular weight is 286 g/mol. The molecule has 1 aromatic carbocycles. The van der Waals surface area contributed by atoms with Gasteiger partial charge in [-0.05, 0) is 36.4 Å². The Balaban J connectivity index is 2.25. The molecular weight excluding hydrogens is 263 g/mol. The first-order valence-electron chi connectivity index (χ1n) is 7.43. The quantitative estimate of drug-likeness (QED) is 0.875. The number of halogens is 1. The van der Waals surface area contributed by atoms with Crippen molar-refractivity contribution in [2.24, 2.45) is 0 Å². The van der Waals surface area contributed by atoms with E-state index in [0.29, 0.717) is 0 Å². The predicted octanol–water partition coefficient (Wildman–Crippen LogP) is 3.72. The number of hydrogen-bond acceptors (Lipinski definition) is 2. The monoisotopic (exact) mass is 286 g/mol. The van der Waals surface area contributed by atoms with Gasteiger partial charge in [-0.2, -0.15) is 0 Å². The summed E-state index contributed by atoms with van der Waals surface area (Å²) in [4.78, 5) is 4.42. The third-order valence-electron chi connectivity index (χ3n) is 4.05. The topological polar surface area (TPSA) is 24.9 Å². The van der Waals surface area contributed by atoms with Gasteiger partial charge in [0.1, 0.15) is 5.82 Å². The molecule has 112 valence electrons. The number of rotatable bonds is 6. The Hall–Kier alpha value is -1.74. The van der Waals surface area contributed by atoms with Crippen LogP contribution in [0.2, 0.25) is 0 Å². The molecule has 3 heteroatoms. The second kappa shape index (κ2) is 6.81. The molecule has 0 saturated heterocycles. The third kappa shape index (κ3) is 3.88. The molecule has 1 N–H and O–H groups in total. The fraction of sp³-hybridized carbons (Fsp3) is 0.389. The lowest BCUT2D eigenvalue weighted by atomic mass is 9.76. The maximum Gasteiger partial charge on any atom is 0.123 e. The molecule has 2 nitrogen and oxygen atoms in total. The number of nitrogens with zero attached hydrogens (tertiary/aromatic N) is 1. The first-order chi connectivity index (χ1) is 10.0. The van der Waals surface area contributed by atoms with Crippen LogP contribution in [0.15, 0.2) is 48.7 Å². The molecule has 0 aliphatic heterocycles. The Morgan fingerprint density at radius 1 is 1.14 bits per heavy atom. The zero-order valence-corrected chi connectivity index (χ0v) is 12.9. The SMILES string of the molecule is CCNC(Cc1ccccn1)C(C)(C)c1ccc(F)cc1. The van der Waals surface area contributed by atoms with Crippen LogP contribution in [0.1, 0.15) is 32.0 Å². The molecule has 0 radical (unpaired) electrons. The number of nitrogens with one attached hydrogen (secondary N) is 1. The highest BCUT2D eigenvalue weighted by molar-refractivity contribution is 5.27. The lowest BCUT2D eigenvalue weighted by Crippen LogP contribution is -2.46. The first kappa shape index (κ1) is 15.6. The van der Waals surface area contributed by atoms with Gasteiger partial charge in [0, 0.05) is 29.8 Å². The number of benzene rings is 1. The fourth-order valence-electron chi connectivity index (χ4n) is 2.64. The Morgan fingerprint density at radius 2 is 1.86 bits per heavy atom. The van der Waals surface area contributed by atoms with Crippen molar-refractivity contribution in [3.8, 4) is 0 Å². The van der Waals surface area contributed by atoms with Gasteiger partial charge in [0.2, 0.25) is 0 Å². The molecule has 1 atom stereocenters. The second-order valence-corrected chi connectivity index (χ2v) is 5.86. The first-order valence-corrected chi connectivity index (χ1v) is 7.43. The summed E-state index contributed by atoms with van der Waals surface area (Å²) in [5, 5.41) is 3.55. The van der Waals surface area contributed by atoms with E-state index in [-0.39, 0.29) is 17.3 Å². The second-order valence-electron chi connectivity index (χ2n) is 5.86. The molecule has 21 heavy (non-hydrogen) atoms. The Bertz CT molecular complexity index is 549. The van der Waals surface area contributed by atoms with Gasteiger partial charge in [-0.15, -0.1) is 0 Å². The van der Waals surface area contributed by atoms with Crippen LogP contribution < -0.4 is 5.32 Å². The van der Waals surface area contributed by atoms with Gasteiger partial charge in [-0.25, -0.2) is 4.39 Å². The summed E-state index contributed by atoms with van der Waals surface area (Å²) in [6.45, 7) is 7.38. The summed E-state index contributed by atoms with van der Waals surface area (Å²) < 4.78 is 13.1. The molecule has 0 aliphatic carbocycles. The van der Waals surface area contributed by atoms with Crippen LogP contribution in [0.5, 0.6) is 0 Å². The van der Waals surface area contributed by atoms with Crippen molar-refractivity contribution in [1.29, 1.82) is 0 Å². The predicted molar refractivity (Wildman–Crippen MR) is 84.8 cm³/mol. The maximum atomic E-state index is 13.1. The zero-order valence-electron chi connectivity index (χ0n) is 12.9. The fourth-order valence-corrected chi connectivity index (χ4v) is 2.64. The van der Waals surface area contributed by atoms with Crippen LogP contribution in [0.3, 0.4) is 0 Å². The molecule has 1 aromatic heterocycles. The lowest BCUT2D eigenvalue weighted by molar-refractivity contribution is 0.340. The number of hydrogen-bond donors (Lipinski definition) is 1.